The molecule has 0 aliphatic carbocycles. The summed E-state index contributed by atoms with van der Waals surface area (Å²) in [7, 11) is 0. The van der Waals surface area contributed by atoms with E-state index in [2.05, 4.69) is 10.1 Å². The van der Waals surface area contributed by atoms with Crippen molar-refractivity contribution >= 4 is 28.5 Å². The van der Waals surface area contributed by atoms with E-state index in [9.17, 15) is 27.2 Å². The van der Waals surface area contributed by atoms with Crippen LogP contribution in [0.3, 0.4) is 0 Å². The van der Waals surface area contributed by atoms with Gasteiger partial charge in [0.15, 0.2) is 5.65 Å². The Balaban J connectivity index is 1.69. The van der Waals surface area contributed by atoms with E-state index in [1.807, 2.05) is 0 Å². The van der Waals surface area contributed by atoms with Gasteiger partial charge in [-0.3, -0.25) is 9.59 Å². The first-order valence-corrected chi connectivity index (χ1v) is 9.38. The van der Waals surface area contributed by atoms with Crippen molar-refractivity contribution in [3.8, 4) is 5.69 Å². The number of benzene rings is 2. The Morgan fingerprint density at radius 3 is 2.44 bits per heavy atom. The SMILES string of the molecule is Cc1nn(-c2ccccc2F)c2ncc3c(c12)C(=O)N(c1cccc(C(F)(F)F)c1)C3=O. The van der Waals surface area contributed by atoms with Crippen LogP contribution in [0, 0.1) is 12.7 Å². The van der Waals surface area contributed by atoms with E-state index in [0.29, 0.717) is 10.6 Å². The van der Waals surface area contributed by atoms with Gasteiger partial charge in [-0.15, -0.1) is 0 Å². The van der Waals surface area contributed by atoms with Crippen molar-refractivity contribution < 1.29 is 27.2 Å². The molecule has 6 nitrogen and oxygen atoms in total. The molecule has 0 N–H and O–H groups in total. The number of pyridine rings is 1. The van der Waals surface area contributed by atoms with Crippen molar-refractivity contribution in [2.24, 2.45) is 0 Å². The first-order valence-electron chi connectivity index (χ1n) is 9.38. The second-order valence-electron chi connectivity index (χ2n) is 7.19. The van der Waals surface area contributed by atoms with E-state index in [1.54, 1.807) is 13.0 Å². The van der Waals surface area contributed by atoms with Gasteiger partial charge >= 0.3 is 6.18 Å². The zero-order valence-corrected chi connectivity index (χ0v) is 16.3. The number of imide groups is 1. The maximum Gasteiger partial charge on any atom is 0.416 e. The Morgan fingerprint density at radius 2 is 1.72 bits per heavy atom. The molecule has 0 radical (unpaired) electrons. The molecular formula is C22H12F4N4O2. The summed E-state index contributed by atoms with van der Waals surface area (Å²) in [5, 5.41) is 4.52. The summed E-state index contributed by atoms with van der Waals surface area (Å²) in [6, 6.07) is 9.81. The minimum Gasteiger partial charge on any atom is -0.268 e. The second kappa shape index (κ2) is 6.71. The maximum absolute atomic E-state index is 14.3. The number of nitrogens with zero attached hydrogens (tertiary/aromatic N) is 4. The highest BCUT2D eigenvalue weighted by molar-refractivity contribution is 6.37. The molecule has 3 heterocycles. The molecule has 0 saturated carbocycles. The lowest BCUT2D eigenvalue weighted by Gasteiger charge is -2.16. The Kier molecular flexibility index (Phi) is 4.16. The van der Waals surface area contributed by atoms with Crippen LogP contribution < -0.4 is 4.90 Å². The van der Waals surface area contributed by atoms with Crippen LogP contribution >= 0.6 is 0 Å². The molecule has 1 aliphatic rings. The zero-order chi connectivity index (χ0) is 22.8. The molecular weight excluding hydrogens is 428 g/mol. The van der Waals surface area contributed by atoms with Crippen molar-refractivity contribution in [1.82, 2.24) is 14.8 Å². The van der Waals surface area contributed by atoms with E-state index < -0.39 is 29.4 Å². The van der Waals surface area contributed by atoms with Gasteiger partial charge in [-0.25, -0.2) is 19.0 Å². The fraction of sp³-hybridized carbons (Fsp3) is 0.0909. The van der Waals surface area contributed by atoms with E-state index in [-0.39, 0.29) is 33.5 Å². The highest BCUT2D eigenvalue weighted by Gasteiger charge is 2.41. The molecule has 2 aromatic carbocycles. The number of fused-ring (bicyclic) bond motifs is 3. The molecule has 4 aromatic rings. The van der Waals surface area contributed by atoms with E-state index >= 15 is 0 Å². The standard InChI is InChI=1S/C22H12F4N4O2/c1-11-17-18-14(10-27-19(17)30(28-11)16-8-3-2-7-15(16)23)20(31)29(21(18)32)13-6-4-5-12(9-13)22(24,25)26/h2-10H,1H3. The van der Waals surface area contributed by atoms with Gasteiger partial charge in [0.2, 0.25) is 0 Å². The highest BCUT2D eigenvalue weighted by Crippen LogP contribution is 2.37. The average molecular weight is 440 g/mol. The maximum atomic E-state index is 14.3. The third-order valence-corrected chi connectivity index (χ3v) is 5.23. The number of amides is 2. The van der Waals surface area contributed by atoms with Gasteiger partial charge in [-0.2, -0.15) is 18.3 Å². The van der Waals surface area contributed by atoms with Crippen molar-refractivity contribution in [2.75, 3.05) is 4.90 Å². The Morgan fingerprint density at radius 1 is 0.969 bits per heavy atom. The largest absolute Gasteiger partial charge is 0.416 e. The van der Waals surface area contributed by atoms with Crippen LogP contribution in [0.15, 0.2) is 54.7 Å². The molecule has 10 heteroatoms. The van der Waals surface area contributed by atoms with E-state index in [1.165, 1.54) is 28.9 Å². The first-order chi connectivity index (χ1) is 15.2. The molecule has 0 atom stereocenters. The normalized spacial score (nSPS) is 13.8. The molecule has 0 bridgehead atoms. The molecule has 0 spiro atoms. The number of carbonyl (C=O) groups excluding carboxylic acids is 2. The Bertz CT molecular complexity index is 1440. The molecule has 1 aliphatic heterocycles. The van der Waals surface area contributed by atoms with Crippen LogP contribution in [-0.4, -0.2) is 26.6 Å². The number of alkyl halides is 3. The highest BCUT2D eigenvalue weighted by atomic mass is 19.4. The second-order valence-corrected chi connectivity index (χ2v) is 7.19. The number of hydrogen-bond acceptors (Lipinski definition) is 4. The lowest BCUT2D eigenvalue weighted by Crippen LogP contribution is -2.29. The zero-order valence-electron chi connectivity index (χ0n) is 16.3. The summed E-state index contributed by atoms with van der Waals surface area (Å²) in [4.78, 5) is 31.1. The first kappa shape index (κ1) is 19.9. The molecule has 2 amide bonds. The number of hydrogen-bond donors (Lipinski definition) is 0. The fourth-order valence-corrected chi connectivity index (χ4v) is 3.81. The summed E-state index contributed by atoms with van der Waals surface area (Å²) in [5.41, 5.74) is -0.715. The van der Waals surface area contributed by atoms with Gasteiger partial charge in [-0.1, -0.05) is 18.2 Å². The van der Waals surface area contributed by atoms with Crippen LogP contribution in [0.5, 0.6) is 0 Å². The fourth-order valence-electron chi connectivity index (χ4n) is 3.81. The molecule has 0 unspecified atom stereocenters. The number of halogens is 4. The Labute approximate surface area is 177 Å². The van der Waals surface area contributed by atoms with Crippen LogP contribution in [0.4, 0.5) is 23.2 Å². The van der Waals surface area contributed by atoms with Crippen molar-refractivity contribution in [1.29, 1.82) is 0 Å². The topological polar surface area (TPSA) is 68.1 Å². The Hall–Kier alpha value is -4.08. The average Bonchev–Trinajstić information content (AvgIpc) is 3.22. The van der Waals surface area contributed by atoms with Gasteiger partial charge in [0.1, 0.15) is 11.5 Å². The van der Waals surface area contributed by atoms with Gasteiger partial charge in [0.05, 0.1) is 33.5 Å². The molecule has 2 aromatic heterocycles. The summed E-state index contributed by atoms with van der Waals surface area (Å²) >= 11 is 0. The number of anilines is 1. The van der Waals surface area contributed by atoms with Crippen LogP contribution in [0.1, 0.15) is 32.0 Å². The molecule has 32 heavy (non-hydrogen) atoms. The summed E-state index contributed by atoms with van der Waals surface area (Å²) in [6.45, 7) is 1.58. The molecule has 160 valence electrons. The number of rotatable bonds is 2. The third kappa shape index (κ3) is 2.79. The quantitative estimate of drug-likeness (QED) is 0.335. The van der Waals surface area contributed by atoms with Gasteiger partial charge in [-0.05, 0) is 37.3 Å². The number of carbonyl (C=O) groups is 2. The smallest absolute Gasteiger partial charge is 0.268 e. The van der Waals surface area contributed by atoms with Gasteiger partial charge in [0, 0.05) is 6.20 Å². The van der Waals surface area contributed by atoms with Crippen LogP contribution in [-0.2, 0) is 6.18 Å². The number of para-hydroxylation sites is 1. The predicted molar refractivity (Wildman–Crippen MR) is 106 cm³/mol. The third-order valence-electron chi connectivity index (χ3n) is 5.23. The van der Waals surface area contributed by atoms with Gasteiger partial charge < -0.3 is 0 Å². The van der Waals surface area contributed by atoms with E-state index in [0.717, 1.165) is 24.4 Å². The number of aryl methyl sites for hydroxylation is 1. The van der Waals surface area contributed by atoms with E-state index in [4.69, 9.17) is 0 Å². The minimum absolute atomic E-state index is 0.0301. The minimum atomic E-state index is -4.64. The lowest BCUT2D eigenvalue weighted by molar-refractivity contribution is -0.137. The number of aromatic nitrogens is 3. The summed E-state index contributed by atoms with van der Waals surface area (Å²) < 4.78 is 54.9. The van der Waals surface area contributed by atoms with Crippen LogP contribution in [0.25, 0.3) is 16.7 Å². The van der Waals surface area contributed by atoms with Crippen molar-refractivity contribution in [3.63, 3.8) is 0 Å². The lowest BCUT2D eigenvalue weighted by atomic mass is 10.1. The van der Waals surface area contributed by atoms with Crippen molar-refractivity contribution in [3.05, 3.63) is 82.9 Å². The molecule has 0 fully saturated rings. The van der Waals surface area contributed by atoms with Crippen molar-refractivity contribution in [2.45, 2.75) is 13.1 Å². The molecule has 0 saturated heterocycles. The summed E-state index contributed by atoms with van der Waals surface area (Å²) in [6.07, 6.45) is -3.48. The van der Waals surface area contributed by atoms with Gasteiger partial charge in [0.25, 0.3) is 11.8 Å². The van der Waals surface area contributed by atoms with Crippen LogP contribution in [0.2, 0.25) is 0 Å². The summed E-state index contributed by atoms with van der Waals surface area (Å²) in [5.74, 6) is -2.16. The predicted octanol–water partition coefficient (Wildman–Crippen LogP) is 4.69. The molecule has 5 rings (SSSR count). The monoisotopic (exact) mass is 440 g/mol.